The zero-order valence-corrected chi connectivity index (χ0v) is 11.5. The Kier molecular flexibility index (Phi) is 5.95. The first kappa shape index (κ1) is 14.8. The minimum Gasteiger partial charge on any atom is -0.467 e. The summed E-state index contributed by atoms with van der Waals surface area (Å²) in [5, 5.41) is 0. The molecule has 1 aliphatic rings. The second kappa shape index (κ2) is 7.24. The number of carbonyl (C=O) groups excluding carboxylic acids is 2. The molecule has 1 fully saturated rings. The lowest BCUT2D eigenvalue weighted by Crippen LogP contribution is -2.53. The fraction of sp³-hybridized carbons (Fsp3) is 0.846. The molecule has 0 bridgehead atoms. The van der Waals surface area contributed by atoms with Crippen molar-refractivity contribution in [1.82, 2.24) is 4.90 Å². The largest absolute Gasteiger partial charge is 0.467 e. The Hall–Kier alpha value is -1.26. The Morgan fingerprint density at radius 2 is 1.94 bits per heavy atom. The van der Waals surface area contributed by atoms with Crippen molar-refractivity contribution in [1.29, 1.82) is 0 Å². The SMILES string of the molecule is CCCC[C@@H]1CCC[C@@H](C(=O)OC)N1C(=O)OC. The molecule has 1 aliphatic heterocycles. The Morgan fingerprint density at radius 3 is 2.50 bits per heavy atom. The number of ether oxygens (including phenoxy) is 2. The van der Waals surface area contributed by atoms with Gasteiger partial charge in [-0.2, -0.15) is 0 Å². The first-order valence-corrected chi connectivity index (χ1v) is 6.59. The third kappa shape index (κ3) is 3.37. The molecule has 0 radical (unpaired) electrons. The van der Waals surface area contributed by atoms with Gasteiger partial charge in [-0.15, -0.1) is 0 Å². The molecule has 0 aromatic rings. The van der Waals surface area contributed by atoms with Crippen molar-refractivity contribution in [2.24, 2.45) is 0 Å². The van der Waals surface area contributed by atoms with Crippen LogP contribution in [0.4, 0.5) is 4.79 Å². The Bertz CT molecular complexity index is 293. The van der Waals surface area contributed by atoms with Gasteiger partial charge in [-0.3, -0.25) is 4.90 Å². The van der Waals surface area contributed by atoms with E-state index < -0.39 is 12.1 Å². The van der Waals surface area contributed by atoms with Gasteiger partial charge in [0.25, 0.3) is 0 Å². The molecule has 0 aromatic heterocycles. The number of likely N-dealkylation sites (tertiary alicyclic amines) is 1. The number of esters is 1. The standard InChI is InChI=1S/C13H23NO4/c1-4-5-7-10-8-6-9-11(12(15)17-2)14(10)13(16)18-3/h10-11H,4-9H2,1-3H3/t10-,11+/m1/s1. The number of hydrogen-bond acceptors (Lipinski definition) is 4. The van der Waals surface area contributed by atoms with Crippen molar-refractivity contribution < 1.29 is 19.1 Å². The van der Waals surface area contributed by atoms with Crippen molar-refractivity contribution >= 4 is 12.1 Å². The molecule has 0 N–H and O–H groups in total. The van der Waals surface area contributed by atoms with Crippen LogP contribution >= 0.6 is 0 Å². The highest BCUT2D eigenvalue weighted by atomic mass is 16.5. The fourth-order valence-corrected chi connectivity index (χ4v) is 2.55. The maximum atomic E-state index is 11.9. The van der Waals surface area contributed by atoms with E-state index in [1.54, 1.807) is 4.90 Å². The summed E-state index contributed by atoms with van der Waals surface area (Å²) in [6, 6.07) is -0.395. The normalized spacial score (nSPS) is 23.6. The molecule has 0 unspecified atom stereocenters. The van der Waals surface area contributed by atoms with Crippen molar-refractivity contribution in [3.8, 4) is 0 Å². The quantitative estimate of drug-likeness (QED) is 0.725. The smallest absolute Gasteiger partial charge is 0.410 e. The highest BCUT2D eigenvalue weighted by molar-refractivity contribution is 5.81. The van der Waals surface area contributed by atoms with E-state index in [-0.39, 0.29) is 12.0 Å². The second-order valence-corrected chi connectivity index (χ2v) is 4.64. The molecule has 18 heavy (non-hydrogen) atoms. The molecule has 0 aliphatic carbocycles. The summed E-state index contributed by atoms with van der Waals surface area (Å²) in [5.74, 6) is -0.346. The van der Waals surface area contributed by atoms with Crippen molar-refractivity contribution in [2.45, 2.75) is 57.5 Å². The van der Waals surface area contributed by atoms with E-state index in [4.69, 9.17) is 9.47 Å². The number of methoxy groups -OCH3 is 2. The topological polar surface area (TPSA) is 55.8 Å². The van der Waals surface area contributed by atoms with Crippen LogP contribution in [0.1, 0.15) is 45.4 Å². The predicted octanol–water partition coefficient (Wildman–Crippen LogP) is 2.34. The van der Waals surface area contributed by atoms with E-state index in [9.17, 15) is 9.59 Å². The number of rotatable bonds is 4. The van der Waals surface area contributed by atoms with Gasteiger partial charge < -0.3 is 9.47 Å². The number of carbonyl (C=O) groups is 2. The zero-order chi connectivity index (χ0) is 13.5. The summed E-state index contributed by atoms with van der Waals surface area (Å²) in [4.78, 5) is 25.2. The van der Waals surface area contributed by atoms with Crippen LogP contribution in [-0.4, -0.2) is 43.3 Å². The number of unbranched alkanes of at least 4 members (excludes halogenated alkanes) is 1. The lowest BCUT2D eigenvalue weighted by molar-refractivity contribution is -0.148. The van der Waals surface area contributed by atoms with E-state index >= 15 is 0 Å². The second-order valence-electron chi connectivity index (χ2n) is 4.64. The highest BCUT2D eigenvalue weighted by Gasteiger charge is 2.39. The monoisotopic (exact) mass is 257 g/mol. The van der Waals surface area contributed by atoms with Gasteiger partial charge in [0.1, 0.15) is 6.04 Å². The summed E-state index contributed by atoms with van der Waals surface area (Å²) >= 11 is 0. The molecule has 5 heteroatoms. The summed E-state index contributed by atoms with van der Waals surface area (Å²) in [5.41, 5.74) is 0. The first-order valence-electron chi connectivity index (χ1n) is 6.59. The van der Waals surface area contributed by atoms with Gasteiger partial charge in [0.05, 0.1) is 14.2 Å². The maximum Gasteiger partial charge on any atom is 0.410 e. The minimum atomic E-state index is -0.488. The Balaban J connectivity index is 2.82. The molecular formula is C13H23NO4. The third-order valence-corrected chi connectivity index (χ3v) is 3.49. The highest BCUT2D eigenvalue weighted by Crippen LogP contribution is 2.27. The van der Waals surface area contributed by atoms with Crippen LogP contribution < -0.4 is 0 Å². The van der Waals surface area contributed by atoms with E-state index in [1.807, 2.05) is 0 Å². The van der Waals surface area contributed by atoms with Crippen LogP contribution in [0.5, 0.6) is 0 Å². The van der Waals surface area contributed by atoms with Crippen LogP contribution in [0, 0.1) is 0 Å². The molecule has 1 heterocycles. The van der Waals surface area contributed by atoms with Crippen LogP contribution in [0.25, 0.3) is 0 Å². The number of hydrogen-bond donors (Lipinski definition) is 0. The van der Waals surface area contributed by atoms with Crippen LogP contribution in [0.2, 0.25) is 0 Å². The molecule has 104 valence electrons. The van der Waals surface area contributed by atoms with E-state index in [1.165, 1.54) is 14.2 Å². The van der Waals surface area contributed by atoms with Crippen molar-refractivity contribution in [2.75, 3.05) is 14.2 Å². The van der Waals surface area contributed by atoms with E-state index in [0.717, 1.165) is 32.1 Å². The van der Waals surface area contributed by atoms with E-state index in [0.29, 0.717) is 6.42 Å². The fourth-order valence-electron chi connectivity index (χ4n) is 2.55. The summed E-state index contributed by atoms with van der Waals surface area (Å²) in [6.45, 7) is 2.11. The van der Waals surface area contributed by atoms with Crippen LogP contribution in [0.15, 0.2) is 0 Å². The van der Waals surface area contributed by atoms with Gasteiger partial charge in [0.15, 0.2) is 0 Å². The van der Waals surface area contributed by atoms with Crippen LogP contribution in [-0.2, 0) is 14.3 Å². The summed E-state index contributed by atoms with van der Waals surface area (Å²) in [6.07, 6.45) is 5.15. The Labute approximate surface area is 108 Å². The summed E-state index contributed by atoms with van der Waals surface area (Å²) in [7, 11) is 2.70. The molecule has 0 spiro atoms. The number of amides is 1. The minimum absolute atomic E-state index is 0.0928. The van der Waals surface area contributed by atoms with Crippen LogP contribution in [0.3, 0.4) is 0 Å². The summed E-state index contributed by atoms with van der Waals surface area (Å²) < 4.78 is 9.58. The van der Waals surface area contributed by atoms with Crippen molar-refractivity contribution in [3.63, 3.8) is 0 Å². The molecule has 0 saturated carbocycles. The molecule has 5 nitrogen and oxygen atoms in total. The van der Waals surface area contributed by atoms with E-state index in [2.05, 4.69) is 6.92 Å². The van der Waals surface area contributed by atoms with Gasteiger partial charge in [-0.1, -0.05) is 19.8 Å². The molecule has 1 saturated heterocycles. The van der Waals surface area contributed by atoms with Gasteiger partial charge in [0.2, 0.25) is 0 Å². The van der Waals surface area contributed by atoms with Gasteiger partial charge in [-0.05, 0) is 25.7 Å². The third-order valence-electron chi connectivity index (χ3n) is 3.49. The average molecular weight is 257 g/mol. The molecule has 1 rings (SSSR count). The maximum absolute atomic E-state index is 11.9. The molecule has 0 aromatic carbocycles. The molecular weight excluding hydrogens is 234 g/mol. The van der Waals surface area contributed by atoms with Crippen molar-refractivity contribution in [3.05, 3.63) is 0 Å². The van der Waals surface area contributed by atoms with Gasteiger partial charge in [-0.25, -0.2) is 9.59 Å². The molecule has 2 atom stereocenters. The van der Waals surface area contributed by atoms with Gasteiger partial charge >= 0.3 is 12.1 Å². The Morgan fingerprint density at radius 1 is 1.22 bits per heavy atom. The predicted molar refractivity (Wildman–Crippen MR) is 67.2 cm³/mol. The molecule has 1 amide bonds. The lowest BCUT2D eigenvalue weighted by Gasteiger charge is -2.39. The lowest BCUT2D eigenvalue weighted by atomic mass is 9.92. The number of piperidine rings is 1. The van der Waals surface area contributed by atoms with Gasteiger partial charge in [0, 0.05) is 6.04 Å². The average Bonchev–Trinajstić information content (AvgIpc) is 2.42. The zero-order valence-electron chi connectivity index (χ0n) is 11.5. The first-order chi connectivity index (χ1) is 8.65. The number of nitrogens with zero attached hydrogens (tertiary/aromatic N) is 1.